The molecule has 0 aliphatic carbocycles. The van der Waals surface area contributed by atoms with Crippen LogP contribution in [0.15, 0.2) is 60.7 Å². The van der Waals surface area contributed by atoms with E-state index in [1.54, 1.807) is 0 Å². The van der Waals surface area contributed by atoms with Gasteiger partial charge in [0.2, 0.25) is 0 Å². The smallest absolute Gasteiger partial charge is 0.258 e. The van der Waals surface area contributed by atoms with Crippen molar-refractivity contribution in [1.82, 2.24) is 0 Å². The van der Waals surface area contributed by atoms with Crippen LogP contribution in [0.5, 0.6) is 0 Å². The third-order valence-electron chi connectivity index (χ3n) is 4.38. The predicted molar refractivity (Wildman–Crippen MR) is 104 cm³/mol. The zero-order valence-corrected chi connectivity index (χ0v) is 15.6. The predicted octanol–water partition coefficient (Wildman–Crippen LogP) is 5.02. The summed E-state index contributed by atoms with van der Waals surface area (Å²) in [4.78, 5) is 24.5. The quantitative estimate of drug-likeness (QED) is 0.635. The minimum atomic E-state index is -0.982. The SMILES string of the molecule is Cc1ccc(CC(=O)Cc2ccc(F)c(NC(=O)c3cc(F)ccc3F)c2)cc1. The first-order valence-electron chi connectivity index (χ1n) is 8.94. The van der Waals surface area contributed by atoms with Crippen LogP contribution in [0.25, 0.3) is 0 Å². The second kappa shape index (κ2) is 8.73. The van der Waals surface area contributed by atoms with Gasteiger partial charge in [-0.05, 0) is 48.4 Å². The molecule has 0 unspecified atom stereocenters. The normalized spacial score (nSPS) is 10.6. The molecule has 0 fully saturated rings. The maximum absolute atomic E-state index is 14.1. The number of hydrogen-bond donors (Lipinski definition) is 1. The van der Waals surface area contributed by atoms with Crippen LogP contribution < -0.4 is 5.32 Å². The fraction of sp³-hybridized carbons (Fsp3) is 0.130. The number of anilines is 1. The van der Waals surface area contributed by atoms with Gasteiger partial charge in [0.25, 0.3) is 5.91 Å². The summed E-state index contributed by atoms with van der Waals surface area (Å²) in [6, 6.07) is 13.9. The molecule has 0 radical (unpaired) electrons. The number of benzene rings is 3. The Morgan fingerprint density at radius 3 is 2.14 bits per heavy atom. The molecule has 0 aromatic heterocycles. The van der Waals surface area contributed by atoms with Gasteiger partial charge in [-0.1, -0.05) is 35.9 Å². The number of carbonyl (C=O) groups is 2. The first-order valence-corrected chi connectivity index (χ1v) is 8.94. The minimum absolute atomic E-state index is 0.0470. The van der Waals surface area contributed by atoms with Crippen molar-refractivity contribution >= 4 is 17.4 Å². The van der Waals surface area contributed by atoms with Gasteiger partial charge < -0.3 is 5.32 Å². The van der Waals surface area contributed by atoms with Gasteiger partial charge >= 0.3 is 0 Å². The molecule has 0 atom stereocenters. The number of nitrogens with one attached hydrogen (secondary N) is 1. The summed E-state index contributed by atoms with van der Waals surface area (Å²) >= 11 is 0. The summed E-state index contributed by atoms with van der Waals surface area (Å²) in [6.07, 6.45) is 0.277. The van der Waals surface area contributed by atoms with E-state index in [4.69, 9.17) is 0 Å². The highest BCUT2D eigenvalue weighted by Crippen LogP contribution is 2.19. The first-order chi connectivity index (χ1) is 13.8. The molecule has 3 rings (SSSR count). The maximum Gasteiger partial charge on any atom is 0.258 e. The molecule has 6 heteroatoms. The highest BCUT2D eigenvalue weighted by atomic mass is 19.1. The Morgan fingerprint density at radius 1 is 0.793 bits per heavy atom. The lowest BCUT2D eigenvalue weighted by atomic mass is 10.0. The number of aryl methyl sites for hydroxylation is 1. The largest absolute Gasteiger partial charge is 0.319 e. The Morgan fingerprint density at radius 2 is 1.41 bits per heavy atom. The van der Waals surface area contributed by atoms with E-state index in [0.29, 0.717) is 5.56 Å². The summed E-state index contributed by atoms with van der Waals surface area (Å²) in [5, 5.41) is 2.23. The summed E-state index contributed by atoms with van der Waals surface area (Å²) in [5.74, 6) is -3.51. The molecule has 1 N–H and O–H groups in total. The maximum atomic E-state index is 14.1. The molecule has 0 aliphatic heterocycles. The van der Waals surface area contributed by atoms with Gasteiger partial charge in [0.05, 0.1) is 11.3 Å². The molecular formula is C23H18F3NO2. The standard InChI is InChI=1S/C23H18F3NO2/c1-14-2-4-15(5-3-14)10-18(28)11-16-6-8-21(26)22(12-16)27-23(29)19-13-17(24)7-9-20(19)25/h2-9,12-13H,10-11H2,1H3,(H,27,29). The van der Waals surface area contributed by atoms with Crippen molar-refractivity contribution in [3.05, 3.63) is 100 Å². The zero-order valence-electron chi connectivity index (χ0n) is 15.6. The van der Waals surface area contributed by atoms with E-state index in [1.165, 1.54) is 12.1 Å². The third kappa shape index (κ3) is 5.31. The molecule has 0 spiro atoms. The minimum Gasteiger partial charge on any atom is -0.319 e. The molecule has 1 amide bonds. The molecule has 3 aromatic carbocycles. The van der Waals surface area contributed by atoms with Crippen molar-refractivity contribution in [3.63, 3.8) is 0 Å². The van der Waals surface area contributed by atoms with Gasteiger partial charge in [-0.3, -0.25) is 9.59 Å². The molecule has 0 saturated carbocycles. The molecule has 3 aromatic rings. The van der Waals surface area contributed by atoms with Crippen LogP contribution in [-0.2, 0) is 17.6 Å². The Kier molecular flexibility index (Phi) is 6.12. The second-order valence-electron chi connectivity index (χ2n) is 6.77. The molecular weight excluding hydrogens is 379 g/mol. The number of hydrogen-bond acceptors (Lipinski definition) is 2. The topological polar surface area (TPSA) is 46.2 Å². The summed E-state index contributed by atoms with van der Waals surface area (Å²) in [7, 11) is 0. The van der Waals surface area contributed by atoms with Crippen LogP contribution in [-0.4, -0.2) is 11.7 Å². The van der Waals surface area contributed by atoms with Crippen molar-refractivity contribution in [2.45, 2.75) is 19.8 Å². The monoisotopic (exact) mass is 397 g/mol. The van der Waals surface area contributed by atoms with E-state index < -0.39 is 28.9 Å². The van der Waals surface area contributed by atoms with E-state index in [9.17, 15) is 22.8 Å². The van der Waals surface area contributed by atoms with Gasteiger partial charge in [-0.15, -0.1) is 0 Å². The number of Topliss-reactive ketones (excluding diaryl/α,β-unsaturated/α-hetero) is 1. The lowest BCUT2D eigenvalue weighted by Gasteiger charge is -2.10. The van der Waals surface area contributed by atoms with E-state index >= 15 is 0 Å². The van der Waals surface area contributed by atoms with Crippen LogP contribution in [0.2, 0.25) is 0 Å². The lowest BCUT2D eigenvalue weighted by molar-refractivity contribution is -0.117. The average Bonchev–Trinajstić information content (AvgIpc) is 2.68. The third-order valence-corrected chi connectivity index (χ3v) is 4.38. The fourth-order valence-corrected chi connectivity index (χ4v) is 2.86. The van der Waals surface area contributed by atoms with Gasteiger partial charge in [0, 0.05) is 12.8 Å². The second-order valence-corrected chi connectivity index (χ2v) is 6.77. The van der Waals surface area contributed by atoms with Crippen LogP contribution in [0, 0.1) is 24.4 Å². The highest BCUT2D eigenvalue weighted by molar-refractivity contribution is 6.04. The van der Waals surface area contributed by atoms with Crippen LogP contribution >= 0.6 is 0 Å². The summed E-state index contributed by atoms with van der Waals surface area (Å²) in [5.41, 5.74) is 1.72. The summed E-state index contributed by atoms with van der Waals surface area (Å²) in [6.45, 7) is 1.95. The van der Waals surface area contributed by atoms with E-state index in [-0.39, 0.29) is 24.3 Å². The van der Waals surface area contributed by atoms with Gasteiger partial charge in [0.1, 0.15) is 23.2 Å². The average molecular weight is 397 g/mol. The van der Waals surface area contributed by atoms with Gasteiger partial charge in [0.15, 0.2) is 0 Å². The molecule has 29 heavy (non-hydrogen) atoms. The van der Waals surface area contributed by atoms with Crippen LogP contribution in [0.4, 0.5) is 18.9 Å². The van der Waals surface area contributed by atoms with E-state index in [0.717, 1.165) is 35.4 Å². The van der Waals surface area contributed by atoms with Crippen LogP contribution in [0.1, 0.15) is 27.0 Å². The molecule has 0 bridgehead atoms. The van der Waals surface area contributed by atoms with Crippen molar-refractivity contribution in [2.75, 3.05) is 5.32 Å². The van der Waals surface area contributed by atoms with Crippen molar-refractivity contribution in [2.24, 2.45) is 0 Å². The Balaban J connectivity index is 1.72. The molecule has 0 aliphatic rings. The molecule has 3 nitrogen and oxygen atoms in total. The van der Waals surface area contributed by atoms with Gasteiger partial charge in [-0.25, -0.2) is 13.2 Å². The van der Waals surface area contributed by atoms with Crippen molar-refractivity contribution in [1.29, 1.82) is 0 Å². The number of amides is 1. The number of ketones is 1. The zero-order chi connectivity index (χ0) is 21.0. The number of carbonyl (C=O) groups excluding carboxylic acids is 2. The number of rotatable bonds is 6. The highest BCUT2D eigenvalue weighted by Gasteiger charge is 2.16. The number of halogens is 3. The van der Waals surface area contributed by atoms with E-state index in [1.807, 2.05) is 31.2 Å². The lowest BCUT2D eigenvalue weighted by Crippen LogP contribution is -2.15. The van der Waals surface area contributed by atoms with Crippen molar-refractivity contribution < 1.29 is 22.8 Å². The summed E-state index contributed by atoms with van der Waals surface area (Å²) < 4.78 is 41.1. The van der Waals surface area contributed by atoms with Crippen molar-refractivity contribution in [3.8, 4) is 0 Å². The molecule has 148 valence electrons. The molecule has 0 saturated heterocycles. The Labute approximate surface area is 166 Å². The van der Waals surface area contributed by atoms with Crippen LogP contribution in [0.3, 0.4) is 0 Å². The van der Waals surface area contributed by atoms with E-state index in [2.05, 4.69) is 5.32 Å². The molecule has 0 heterocycles. The van der Waals surface area contributed by atoms with Gasteiger partial charge in [-0.2, -0.15) is 0 Å². The first kappa shape index (κ1) is 20.3. The fourth-order valence-electron chi connectivity index (χ4n) is 2.86. The Bertz CT molecular complexity index is 1060. The Hall–Kier alpha value is -3.41.